The summed E-state index contributed by atoms with van der Waals surface area (Å²) < 4.78 is 0. The fraction of sp³-hybridized carbons (Fsp3) is 0.583. The first-order valence-electron chi connectivity index (χ1n) is 6.08. The topological polar surface area (TPSA) is 79.5 Å². The van der Waals surface area contributed by atoms with E-state index < -0.39 is 5.54 Å². The van der Waals surface area contributed by atoms with Gasteiger partial charge in [-0.2, -0.15) is 0 Å². The molecule has 0 saturated carbocycles. The van der Waals surface area contributed by atoms with Crippen molar-refractivity contribution in [2.75, 3.05) is 25.9 Å². The highest BCUT2D eigenvalue weighted by atomic mass is 32.1. The molecule has 2 rings (SSSR count). The van der Waals surface area contributed by atoms with Crippen LogP contribution in [0.4, 0.5) is 5.13 Å². The van der Waals surface area contributed by atoms with Gasteiger partial charge in [-0.05, 0) is 13.8 Å². The molecule has 0 aliphatic carbocycles. The fourth-order valence-electron chi connectivity index (χ4n) is 2.30. The van der Waals surface area contributed by atoms with Crippen LogP contribution in [0.2, 0.25) is 0 Å². The third kappa shape index (κ3) is 2.56. The Morgan fingerprint density at radius 3 is 2.79 bits per heavy atom. The van der Waals surface area contributed by atoms with Crippen molar-refractivity contribution >= 4 is 28.3 Å². The third-order valence-corrected chi connectivity index (χ3v) is 4.13. The molecule has 19 heavy (non-hydrogen) atoms. The molecule has 1 fully saturated rings. The van der Waals surface area contributed by atoms with E-state index in [1.165, 1.54) is 11.3 Å². The Balaban J connectivity index is 2.12. The Kier molecular flexibility index (Phi) is 3.49. The van der Waals surface area contributed by atoms with Gasteiger partial charge in [0.2, 0.25) is 11.8 Å². The first kappa shape index (κ1) is 13.8. The van der Waals surface area contributed by atoms with Gasteiger partial charge >= 0.3 is 0 Å². The van der Waals surface area contributed by atoms with E-state index in [0.29, 0.717) is 23.9 Å². The number of aromatic nitrogens is 1. The van der Waals surface area contributed by atoms with Crippen LogP contribution in [0.1, 0.15) is 19.5 Å². The molecular formula is C12H18N4O2S. The molecule has 1 saturated heterocycles. The first-order chi connectivity index (χ1) is 8.82. The van der Waals surface area contributed by atoms with Gasteiger partial charge in [-0.15, -0.1) is 11.3 Å². The average molecular weight is 282 g/mol. The van der Waals surface area contributed by atoms with Crippen molar-refractivity contribution in [1.29, 1.82) is 0 Å². The molecule has 1 aromatic heterocycles. The SMILES string of the molecule is CN1CCN(C(=O)Cc2csc(N)n2)C(C)(C)C1=O. The predicted molar refractivity (Wildman–Crippen MR) is 73.7 cm³/mol. The Morgan fingerprint density at radius 1 is 1.53 bits per heavy atom. The number of rotatable bonds is 2. The number of piperazine rings is 1. The maximum absolute atomic E-state index is 12.3. The summed E-state index contributed by atoms with van der Waals surface area (Å²) in [4.78, 5) is 31.8. The van der Waals surface area contributed by atoms with Crippen LogP contribution < -0.4 is 5.73 Å². The number of carbonyl (C=O) groups is 2. The number of hydrogen-bond donors (Lipinski definition) is 1. The predicted octanol–water partition coefficient (Wildman–Crippen LogP) is 0.347. The lowest BCUT2D eigenvalue weighted by Crippen LogP contribution is -2.63. The number of hydrogen-bond acceptors (Lipinski definition) is 5. The molecule has 1 aromatic rings. The molecule has 0 spiro atoms. The summed E-state index contributed by atoms with van der Waals surface area (Å²) in [6.07, 6.45) is 0.189. The minimum atomic E-state index is -0.800. The summed E-state index contributed by atoms with van der Waals surface area (Å²) in [5, 5.41) is 2.23. The Labute approximate surface area is 116 Å². The van der Waals surface area contributed by atoms with Crippen LogP contribution in [0, 0.1) is 0 Å². The van der Waals surface area contributed by atoms with Gasteiger partial charge in [-0.3, -0.25) is 9.59 Å². The highest BCUT2D eigenvalue weighted by Gasteiger charge is 2.42. The van der Waals surface area contributed by atoms with Gasteiger partial charge in [-0.25, -0.2) is 4.98 Å². The van der Waals surface area contributed by atoms with Crippen molar-refractivity contribution in [3.8, 4) is 0 Å². The zero-order valence-electron chi connectivity index (χ0n) is 11.3. The van der Waals surface area contributed by atoms with E-state index in [-0.39, 0.29) is 18.2 Å². The van der Waals surface area contributed by atoms with Gasteiger partial charge < -0.3 is 15.5 Å². The van der Waals surface area contributed by atoms with Crippen molar-refractivity contribution in [2.24, 2.45) is 0 Å². The molecule has 2 heterocycles. The summed E-state index contributed by atoms with van der Waals surface area (Å²) in [6.45, 7) is 4.66. The second-order valence-corrected chi connectivity index (χ2v) is 6.07. The van der Waals surface area contributed by atoms with Crippen molar-refractivity contribution in [1.82, 2.24) is 14.8 Å². The molecule has 0 atom stereocenters. The Bertz CT molecular complexity index is 512. The van der Waals surface area contributed by atoms with E-state index in [2.05, 4.69) is 4.98 Å². The zero-order valence-corrected chi connectivity index (χ0v) is 12.2. The first-order valence-corrected chi connectivity index (χ1v) is 6.96. The Hall–Kier alpha value is -1.63. The van der Waals surface area contributed by atoms with Crippen molar-refractivity contribution < 1.29 is 9.59 Å². The average Bonchev–Trinajstić information content (AvgIpc) is 2.71. The highest BCUT2D eigenvalue weighted by molar-refractivity contribution is 7.13. The third-order valence-electron chi connectivity index (χ3n) is 3.41. The lowest BCUT2D eigenvalue weighted by Gasteiger charge is -2.44. The summed E-state index contributed by atoms with van der Waals surface area (Å²) in [5.74, 6) is -0.123. The van der Waals surface area contributed by atoms with Crippen LogP contribution in [0.25, 0.3) is 0 Å². The van der Waals surface area contributed by atoms with Gasteiger partial charge in [0.05, 0.1) is 12.1 Å². The van der Waals surface area contributed by atoms with Crippen molar-refractivity contribution in [3.63, 3.8) is 0 Å². The number of amides is 2. The molecule has 0 bridgehead atoms. The zero-order chi connectivity index (χ0) is 14.2. The maximum atomic E-state index is 12.3. The summed E-state index contributed by atoms with van der Waals surface area (Å²) >= 11 is 1.31. The minimum absolute atomic E-state index is 0.0371. The molecule has 0 aromatic carbocycles. The van der Waals surface area contributed by atoms with Crippen LogP contribution in [0.3, 0.4) is 0 Å². The number of nitrogen functional groups attached to an aromatic ring is 1. The molecule has 1 aliphatic rings. The number of anilines is 1. The molecule has 2 amide bonds. The van der Waals surface area contributed by atoms with E-state index in [0.717, 1.165) is 0 Å². The smallest absolute Gasteiger partial charge is 0.247 e. The lowest BCUT2D eigenvalue weighted by atomic mass is 9.97. The van der Waals surface area contributed by atoms with E-state index in [4.69, 9.17) is 5.73 Å². The molecule has 104 valence electrons. The molecule has 7 heteroatoms. The van der Waals surface area contributed by atoms with Crippen LogP contribution in [0.15, 0.2) is 5.38 Å². The summed E-state index contributed by atoms with van der Waals surface area (Å²) in [6, 6.07) is 0. The van der Waals surface area contributed by atoms with Gasteiger partial charge in [0.15, 0.2) is 5.13 Å². The normalized spacial score (nSPS) is 18.8. The largest absolute Gasteiger partial charge is 0.375 e. The van der Waals surface area contributed by atoms with Crippen LogP contribution in [0.5, 0.6) is 0 Å². The fourth-order valence-corrected chi connectivity index (χ4v) is 2.87. The van der Waals surface area contributed by atoms with Gasteiger partial charge in [0.1, 0.15) is 5.54 Å². The van der Waals surface area contributed by atoms with Crippen LogP contribution in [-0.4, -0.2) is 52.3 Å². The molecule has 1 aliphatic heterocycles. The molecule has 0 unspecified atom stereocenters. The van der Waals surface area contributed by atoms with E-state index >= 15 is 0 Å². The van der Waals surface area contributed by atoms with Crippen LogP contribution >= 0.6 is 11.3 Å². The van der Waals surface area contributed by atoms with E-state index in [1.807, 2.05) is 0 Å². The van der Waals surface area contributed by atoms with Gasteiger partial charge in [0.25, 0.3) is 0 Å². The highest BCUT2D eigenvalue weighted by Crippen LogP contribution is 2.23. The van der Waals surface area contributed by atoms with E-state index in [1.54, 1.807) is 36.1 Å². The molecule has 6 nitrogen and oxygen atoms in total. The summed E-state index contributed by atoms with van der Waals surface area (Å²) in [7, 11) is 1.76. The quantitative estimate of drug-likeness (QED) is 0.848. The second kappa shape index (κ2) is 4.80. The van der Waals surface area contributed by atoms with E-state index in [9.17, 15) is 9.59 Å². The van der Waals surface area contributed by atoms with Gasteiger partial charge in [-0.1, -0.05) is 0 Å². The number of nitrogens with two attached hydrogens (primary N) is 1. The van der Waals surface area contributed by atoms with Crippen LogP contribution in [-0.2, 0) is 16.0 Å². The number of nitrogens with zero attached hydrogens (tertiary/aromatic N) is 3. The monoisotopic (exact) mass is 282 g/mol. The maximum Gasteiger partial charge on any atom is 0.247 e. The summed E-state index contributed by atoms with van der Waals surface area (Å²) in [5.41, 5.74) is 5.41. The number of likely N-dealkylation sites (N-methyl/N-ethyl adjacent to an activating group) is 1. The standard InChI is InChI=1S/C12H18N4O2S/c1-12(2)10(18)15(3)4-5-16(12)9(17)6-8-7-19-11(13)14-8/h7H,4-6H2,1-3H3,(H2,13,14). The molecular weight excluding hydrogens is 264 g/mol. The van der Waals surface area contributed by atoms with Gasteiger partial charge in [0, 0.05) is 25.5 Å². The second-order valence-electron chi connectivity index (χ2n) is 5.18. The number of carbonyl (C=O) groups excluding carboxylic acids is 2. The van der Waals surface area contributed by atoms with Crippen molar-refractivity contribution in [2.45, 2.75) is 25.8 Å². The Morgan fingerprint density at radius 2 is 2.21 bits per heavy atom. The minimum Gasteiger partial charge on any atom is -0.375 e. The number of thiazole rings is 1. The molecule has 2 N–H and O–H groups in total. The molecule has 0 radical (unpaired) electrons. The lowest BCUT2D eigenvalue weighted by molar-refractivity contribution is -0.156. The van der Waals surface area contributed by atoms with Crippen molar-refractivity contribution in [3.05, 3.63) is 11.1 Å².